The molecule has 3 rings (SSSR count). The predicted molar refractivity (Wildman–Crippen MR) is 161 cm³/mol. The topological polar surface area (TPSA) is 9.23 Å². The van der Waals surface area contributed by atoms with Gasteiger partial charge in [0.05, 0.1) is 4.48 Å². The maximum absolute atomic E-state index is 6.72. The molecule has 0 fully saturated rings. The van der Waals surface area contributed by atoms with Gasteiger partial charge >= 0.3 is 0 Å². The fourth-order valence-electron chi connectivity index (χ4n) is 5.92. The van der Waals surface area contributed by atoms with Crippen molar-refractivity contribution < 1.29 is 4.74 Å². The zero-order chi connectivity index (χ0) is 26.2. The Hall–Kier alpha value is -1.54. The second-order valence-electron chi connectivity index (χ2n) is 11.2. The van der Waals surface area contributed by atoms with Gasteiger partial charge in [-0.2, -0.15) is 0 Å². The van der Waals surface area contributed by atoms with Crippen molar-refractivity contribution in [2.45, 2.75) is 112 Å². The van der Waals surface area contributed by atoms with E-state index in [1.54, 1.807) is 0 Å². The predicted octanol–water partition coefficient (Wildman–Crippen LogP) is 10.4. The SMILES string of the molecule is CCc1ccc2c(c1)CCC(OC1=C(Br)C=C(C(C)CC=CC(C)C(CC)CC)C(C)=C(C)CC1)C2. The van der Waals surface area contributed by atoms with Gasteiger partial charge in [-0.05, 0) is 114 Å². The molecular formula is C34H49BrO. The molecule has 0 amide bonds. The summed E-state index contributed by atoms with van der Waals surface area (Å²) in [6, 6.07) is 7.03. The van der Waals surface area contributed by atoms with Gasteiger partial charge in [-0.3, -0.25) is 0 Å². The van der Waals surface area contributed by atoms with Crippen molar-refractivity contribution in [3.05, 3.63) is 80.1 Å². The summed E-state index contributed by atoms with van der Waals surface area (Å²) in [6.07, 6.45) is 17.5. The van der Waals surface area contributed by atoms with Gasteiger partial charge in [0, 0.05) is 12.8 Å². The molecule has 1 nitrogen and oxygen atoms in total. The van der Waals surface area contributed by atoms with E-state index in [0.717, 1.165) is 61.1 Å². The molecule has 1 aromatic rings. The van der Waals surface area contributed by atoms with Crippen LogP contribution in [0.5, 0.6) is 0 Å². The van der Waals surface area contributed by atoms with E-state index >= 15 is 0 Å². The van der Waals surface area contributed by atoms with Crippen LogP contribution in [0.2, 0.25) is 0 Å². The van der Waals surface area contributed by atoms with E-state index in [2.05, 4.69) is 101 Å². The normalized spacial score (nSPS) is 20.8. The standard InChI is InChI=1S/C34H49BrO/c1-8-27-15-16-30-21-31(18-17-29(30)20-27)36-34-19-14-23(4)26(7)32(22-33(34)35)25(6)13-11-12-24(5)28(9-2)10-3/h11-12,15-16,20,22,24-25,28,31H,8-10,13-14,17-19,21H2,1-7H3. The second-order valence-corrected chi connectivity index (χ2v) is 12.1. The Morgan fingerprint density at radius 1 is 1.03 bits per heavy atom. The minimum absolute atomic E-state index is 0.265. The van der Waals surface area contributed by atoms with Crippen LogP contribution in [-0.2, 0) is 24.0 Å². The Labute approximate surface area is 230 Å². The first-order chi connectivity index (χ1) is 17.3. The largest absolute Gasteiger partial charge is 0.493 e. The number of hydrogen-bond acceptors (Lipinski definition) is 1. The number of hydrogen-bond donors (Lipinski definition) is 0. The third-order valence-corrected chi connectivity index (χ3v) is 9.44. The van der Waals surface area contributed by atoms with Crippen LogP contribution >= 0.6 is 15.9 Å². The number of aryl methyl sites for hydroxylation is 2. The lowest BCUT2D eigenvalue weighted by Gasteiger charge is -2.29. The first kappa shape index (κ1) is 29.0. The minimum Gasteiger partial charge on any atom is -0.493 e. The van der Waals surface area contributed by atoms with Crippen LogP contribution in [0.4, 0.5) is 0 Å². The molecule has 198 valence electrons. The highest BCUT2D eigenvalue weighted by molar-refractivity contribution is 9.11. The van der Waals surface area contributed by atoms with E-state index in [4.69, 9.17) is 4.74 Å². The second kappa shape index (κ2) is 13.8. The van der Waals surface area contributed by atoms with Crippen molar-refractivity contribution in [3.8, 4) is 0 Å². The Balaban J connectivity index is 1.74. The van der Waals surface area contributed by atoms with E-state index in [9.17, 15) is 0 Å². The molecular weight excluding hydrogens is 504 g/mol. The van der Waals surface area contributed by atoms with Gasteiger partial charge in [0.2, 0.25) is 0 Å². The van der Waals surface area contributed by atoms with E-state index in [1.165, 1.54) is 46.3 Å². The van der Waals surface area contributed by atoms with Crippen LogP contribution < -0.4 is 0 Å². The zero-order valence-corrected chi connectivity index (χ0v) is 25.5. The number of fused-ring (bicyclic) bond motifs is 1. The van der Waals surface area contributed by atoms with Gasteiger partial charge in [-0.1, -0.05) is 83.4 Å². The Kier molecular flexibility index (Phi) is 11.2. The number of allylic oxidation sites excluding steroid dienone is 8. The first-order valence-electron chi connectivity index (χ1n) is 14.5. The van der Waals surface area contributed by atoms with Crippen molar-refractivity contribution in [3.63, 3.8) is 0 Å². The summed E-state index contributed by atoms with van der Waals surface area (Å²) in [5.74, 6) is 3.05. The molecule has 2 aliphatic rings. The number of halogens is 1. The highest BCUT2D eigenvalue weighted by Crippen LogP contribution is 2.36. The molecule has 0 saturated carbocycles. The third kappa shape index (κ3) is 7.50. The average Bonchev–Trinajstić information content (AvgIpc) is 2.88. The summed E-state index contributed by atoms with van der Waals surface area (Å²) in [5, 5.41) is 0. The van der Waals surface area contributed by atoms with Gasteiger partial charge in [-0.15, -0.1) is 0 Å². The van der Waals surface area contributed by atoms with Crippen molar-refractivity contribution in [1.82, 2.24) is 0 Å². The average molecular weight is 554 g/mol. The molecule has 3 unspecified atom stereocenters. The summed E-state index contributed by atoms with van der Waals surface area (Å²) in [7, 11) is 0. The highest BCUT2D eigenvalue weighted by atomic mass is 79.9. The summed E-state index contributed by atoms with van der Waals surface area (Å²) < 4.78 is 7.86. The van der Waals surface area contributed by atoms with Crippen LogP contribution in [0.15, 0.2) is 63.4 Å². The quantitative estimate of drug-likeness (QED) is 0.262. The number of ether oxygens (including phenoxy) is 1. The molecule has 2 heteroatoms. The van der Waals surface area contributed by atoms with Gasteiger partial charge < -0.3 is 4.74 Å². The fraction of sp³-hybridized carbons (Fsp3) is 0.588. The van der Waals surface area contributed by atoms with E-state index in [1.807, 2.05) is 0 Å². The molecule has 0 spiro atoms. The lowest BCUT2D eigenvalue weighted by molar-refractivity contribution is 0.0968. The van der Waals surface area contributed by atoms with Crippen molar-refractivity contribution in [2.75, 3.05) is 0 Å². The van der Waals surface area contributed by atoms with Gasteiger partial charge in [0.25, 0.3) is 0 Å². The van der Waals surface area contributed by atoms with Crippen LogP contribution in [0.3, 0.4) is 0 Å². The van der Waals surface area contributed by atoms with E-state index < -0.39 is 0 Å². The minimum atomic E-state index is 0.265. The molecule has 0 radical (unpaired) electrons. The summed E-state index contributed by atoms with van der Waals surface area (Å²) >= 11 is 3.94. The molecule has 0 bridgehead atoms. The van der Waals surface area contributed by atoms with Gasteiger partial charge in [0.15, 0.2) is 0 Å². The monoisotopic (exact) mass is 552 g/mol. The lowest BCUT2D eigenvalue weighted by atomic mass is 9.85. The maximum atomic E-state index is 6.72. The number of rotatable bonds is 10. The molecule has 0 saturated heterocycles. The number of benzene rings is 1. The molecule has 2 aliphatic carbocycles. The Morgan fingerprint density at radius 2 is 1.78 bits per heavy atom. The first-order valence-corrected chi connectivity index (χ1v) is 15.3. The molecule has 0 aliphatic heterocycles. The third-order valence-electron chi connectivity index (χ3n) is 8.77. The van der Waals surface area contributed by atoms with Gasteiger partial charge in [0.1, 0.15) is 11.9 Å². The van der Waals surface area contributed by atoms with Crippen molar-refractivity contribution >= 4 is 15.9 Å². The van der Waals surface area contributed by atoms with Crippen molar-refractivity contribution in [2.24, 2.45) is 17.8 Å². The molecule has 0 N–H and O–H groups in total. The molecule has 0 heterocycles. The van der Waals surface area contributed by atoms with Crippen LogP contribution in [-0.4, -0.2) is 6.10 Å². The maximum Gasteiger partial charge on any atom is 0.111 e. The Bertz CT molecular complexity index is 1000. The van der Waals surface area contributed by atoms with Crippen molar-refractivity contribution in [1.29, 1.82) is 0 Å². The summed E-state index contributed by atoms with van der Waals surface area (Å²) in [5.41, 5.74) is 8.83. The van der Waals surface area contributed by atoms with E-state index in [0.29, 0.717) is 11.8 Å². The molecule has 36 heavy (non-hydrogen) atoms. The van der Waals surface area contributed by atoms with Crippen LogP contribution in [0, 0.1) is 17.8 Å². The van der Waals surface area contributed by atoms with Crippen LogP contribution in [0.25, 0.3) is 0 Å². The summed E-state index contributed by atoms with van der Waals surface area (Å²) in [6.45, 7) is 16.2. The smallest absolute Gasteiger partial charge is 0.111 e. The van der Waals surface area contributed by atoms with E-state index in [-0.39, 0.29) is 6.10 Å². The molecule has 3 atom stereocenters. The molecule has 1 aromatic carbocycles. The summed E-state index contributed by atoms with van der Waals surface area (Å²) in [4.78, 5) is 0. The molecule has 0 aromatic heterocycles. The van der Waals surface area contributed by atoms with Crippen LogP contribution in [0.1, 0.15) is 104 Å². The Morgan fingerprint density at radius 3 is 2.47 bits per heavy atom. The zero-order valence-electron chi connectivity index (χ0n) is 23.9. The van der Waals surface area contributed by atoms with Gasteiger partial charge in [-0.25, -0.2) is 0 Å². The highest BCUT2D eigenvalue weighted by Gasteiger charge is 2.23. The fourth-order valence-corrected chi connectivity index (χ4v) is 6.46. The lowest BCUT2D eigenvalue weighted by Crippen LogP contribution is -2.23.